The van der Waals surface area contributed by atoms with Gasteiger partial charge < -0.3 is 10.2 Å². The number of unbranched alkanes of at least 4 members (excludes halogenated alkanes) is 1. The molecular formula is C15H24ClNO5S. The molecule has 0 radical (unpaired) electrons. The number of halogens is 1. The first-order chi connectivity index (χ1) is 10.7. The van der Waals surface area contributed by atoms with E-state index in [0.29, 0.717) is 19.3 Å². The number of aliphatic hydroxyl groups is 2. The smallest absolute Gasteiger partial charge is 0.333 e. The lowest BCUT2D eigenvalue weighted by molar-refractivity contribution is -0.152. The summed E-state index contributed by atoms with van der Waals surface area (Å²) in [6.07, 6.45) is 5.29. The highest BCUT2D eigenvalue weighted by molar-refractivity contribution is 7.84. The van der Waals surface area contributed by atoms with Crippen LogP contribution >= 0.6 is 11.6 Å². The first-order valence-electron chi connectivity index (χ1n) is 7.55. The quantitative estimate of drug-likeness (QED) is 0.528. The monoisotopic (exact) mass is 365 g/mol. The van der Waals surface area contributed by atoms with Crippen molar-refractivity contribution in [2.24, 2.45) is 5.14 Å². The van der Waals surface area contributed by atoms with Gasteiger partial charge in [0.05, 0.1) is 6.61 Å². The van der Waals surface area contributed by atoms with E-state index < -0.39 is 16.1 Å². The van der Waals surface area contributed by atoms with Crippen LogP contribution in [0.4, 0.5) is 0 Å². The highest BCUT2D eigenvalue weighted by Crippen LogP contribution is 2.25. The minimum Gasteiger partial charge on any atom is -0.366 e. The summed E-state index contributed by atoms with van der Waals surface area (Å²) >= 11 is 5.96. The molecule has 0 spiro atoms. The van der Waals surface area contributed by atoms with Crippen molar-refractivity contribution in [1.29, 1.82) is 0 Å². The van der Waals surface area contributed by atoms with Crippen LogP contribution in [0.2, 0.25) is 5.02 Å². The van der Waals surface area contributed by atoms with Gasteiger partial charge in [0, 0.05) is 17.9 Å². The molecule has 132 valence electrons. The molecule has 1 aromatic rings. The maximum absolute atomic E-state index is 10.5. The van der Waals surface area contributed by atoms with Gasteiger partial charge in [-0.25, -0.2) is 5.14 Å². The van der Waals surface area contributed by atoms with Crippen LogP contribution in [0.5, 0.6) is 0 Å². The van der Waals surface area contributed by atoms with E-state index in [1.807, 2.05) is 24.3 Å². The number of nitrogens with two attached hydrogens (primary N) is 1. The lowest BCUT2D eigenvalue weighted by Crippen LogP contribution is -2.21. The Balaban J connectivity index is 0.000000313. The summed E-state index contributed by atoms with van der Waals surface area (Å²) in [4.78, 5) is 0. The van der Waals surface area contributed by atoms with Gasteiger partial charge in [0.2, 0.25) is 0 Å². The summed E-state index contributed by atoms with van der Waals surface area (Å²) in [5.74, 6) is -1.31. The van der Waals surface area contributed by atoms with Gasteiger partial charge >= 0.3 is 10.3 Å². The number of aryl methyl sites for hydroxylation is 1. The molecule has 23 heavy (non-hydrogen) atoms. The molecule has 1 aliphatic carbocycles. The van der Waals surface area contributed by atoms with Crippen LogP contribution in [0.15, 0.2) is 24.3 Å². The molecule has 0 saturated heterocycles. The molecule has 0 unspecified atom stereocenters. The van der Waals surface area contributed by atoms with Gasteiger partial charge in [-0.05, 0) is 43.7 Å². The Bertz CT molecular complexity index is 569. The van der Waals surface area contributed by atoms with Crippen LogP contribution in [0.3, 0.4) is 0 Å². The number of hydrogen-bond donors (Lipinski definition) is 3. The maximum atomic E-state index is 10.5. The van der Waals surface area contributed by atoms with E-state index in [4.69, 9.17) is 21.8 Å². The van der Waals surface area contributed by atoms with Crippen molar-refractivity contribution in [3.63, 3.8) is 0 Å². The zero-order valence-corrected chi connectivity index (χ0v) is 14.5. The molecular weight excluding hydrogens is 342 g/mol. The average molecular weight is 366 g/mol. The van der Waals surface area contributed by atoms with Crippen molar-refractivity contribution in [2.75, 3.05) is 6.61 Å². The summed E-state index contributed by atoms with van der Waals surface area (Å²) in [6.45, 7) is 0.114. The van der Waals surface area contributed by atoms with Crippen molar-refractivity contribution in [1.82, 2.24) is 0 Å². The molecule has 1 saturated carbocycles. The van der Waals surface area contributed by atoms with Crippen LogP contribution in [0.25, 0.3) is 0 Å². The molecule has 1 aliphatic rings. The van der Waals surface area contributed by atoms with Crippen molar-refractivity contribution in [3.8, 4) is 0 Å². The Morgan fingerprint density at radius 2 is 1.78 bits per heavy atom. The zero-order chi connectivity index (χ0) is 17.3. The second-order valence-corrected chi connectivity index (χ2v) is 7.18. The van der Waals surface area contributed by atoms with Crippen LogP contribution in [-0.4, -0.2) is 31.0 Å². The molecule has 0 aliphatic heterocycles. The van der Waals surface area contributed by atoms with E-state index in [1.165, 1.54) is 0 Å². The van der Waals surface area contributed by atoms with E-state index in [2.05, 4.69) is 9.32 Å². The second kappa shape index (κ2) is 9.56. The SMILES string of the molecule is NS(=O)(=O)OCCCCc1ccccc1Cl.OC1(O)CCCC1. The fourth-order valence-corrected chi connectivity index (χ4v) is 2.82. The third kappa shape index (κ3) is 9.91. The van der Waals surface area contributed by atoms with Crippen LogP contribution in [-0.2, 0) is 20.9 Å². The first-order valence-corrected chi connectivity index (χ1v) is 9.40. The summed E-state index contributed by atoms with van der Waals surface area (Å²) in [7, 11) is -3.80. The topological polar surface area (TPSA) is 110 Å². The molecule has 0 bridgehead atoms. The van der Waals surface area contributed by atoms with Crippen LogP contribution in [0.1, 0.15) is 44.1 Å². The van der Waals surface area contributed by atoms with Crippen molar-refractivity contribution < 1.29 is 22.8 Å². The van der Waals surface area contributed by atoms with Gasteiger partial charge in [-0.2, -0.15) is 8.42 Å². The van der Waals surface area contributed by atoms with Gasteiger partial charge in [-0.15, -0.1) is 0 Å². The summed E-state index contributed by atoms with van der Waals surface area (Å²) in [5, 5.41) is 22.9. The van der Waals surface area contributed by atoms with Crippen molar-refractivity contribution in [3.05, 3.63) is 34.9 Å². The minimum absolute atomic E-state index is 0.114. The summed E-state index contributed by atoms with van der Waals surface area (Å²) in [5.41, 5.74) is 1.06. The Labute approximate surface area is 142 Å². The lowest BCUT2D eigenvalue weighted by Gasteiger charge is -2.11. The molecule has 4 N–H and O–H groups in total. The second-order valence-electron chi connectivity index (χ2n) is 5.55. The minimum atomic E-state index is -3.80. The van der Waals surface area contributed by atoms with Crippen LogP contribution in [0, 0.1) is 0 Å². The third-order valence-electron chi connectivity index (χ3n) is 3.45. The Hall–Kier alpha value is -0.700. The zero-order valence-electron chi connectivity index (χ0n) is 12.9. The molecule has 1 fully saturated rings. The maximum Gasteiger partial charge on any atom is 0.333 e. The molecule has 8 heteroatoms. The predicted molar refractivity (Wildman–Crippen MR) is 89.1 cm³/mol. The van der Waals surface area contributed by atoms with E-state index in [1.54, 1.807) is 0 Å². The first kappa shape index (κ1) is 20.3. The molecule has 0 amide bonds. The molecule has 6 nitrogen and oxygen atoms in total. The standard InChI is InChI=1S/C10H14ClNO3S.C5H10O2/c11-10-7-2-1-5-9(10)6-3-4-8-15-16(12,13)14;6-5(7)3-1-2-4-5/h1-2,5,7H,3-4,6,8H2,(H2,12,13,14);6-7H,1-4H2. The Morgan fingerprint density at radius 3 is 2.26 bits per heavy atom. The van der Waals surface area contributed by atoms with Gasteiger partial charge in [0.25, 0.3) is 0 Å². The van der Waals surface area contributed by atoms with Crippen molar-refractivity contribution in [2.45, 2.75) is 50.7 Å². The largest absolute Gasteiger partial charge is 0.366 e. The fraction of sp³-hybridized carbons (Fsp3) is 0.600. The highest BCUT2D eigenvalue weighted by Gasteiger charge is 2.26. The highest BCUT2D eigenvalue weighted by atomic mass is 35.5. The molecule has 2 rings (SSSR count). The summed E-state index contributed by atoms with van der Waals surface area (Å²) < 4.78 is 25.3. The fourth-order valence-electron chi connectivity index (χ4n) is 2.23. The molecule has 0 heterocycles. The number of hydrogen-bond acceptors (Lipinski definition) is 5. The Morgan fingerprint density at radius 1 is 1.17 bits per heavy atom. The van der Waals surface area contributed by atoms with Gasteiger partial charge in [-0.1, -0.05) is 29.8 Å². The van der Waals surface area contributed by atoms with E-state index in [-0.39, 0.29) is 6.61 Å². The molecule has 0 aromatic heterocycles. The van der Waals surface area contributed by atoms with Crippen molar-refractivity contribution >= 4 is 21.9 Å². The average Bonchev–Trinajstić information content (AvgIpc) is 2.84. The number of rotatable bonds is 6. The lowest BCUT2D eigenvalue weighted by atomic mass is 10.1. The normalized spacial score (nSPS) is 16.7. The summed E-state index contributed by atoms with van der Waals surface area (Å²) in [6, 6.07) is 7.57. The Kier molecular flexibility index (Phi) is 8.46. The molecule has 0 atom stereocenters. The van der Waals surface area contributed by atoms with E-state index >= 15 is 0 Å². The predicted octanol–water partition coefficient (Wildman–Crippen LogP) is 2.12. The van der Waals surface area contributed by atoms with Crippen LogP contribution < -0.4 is 5.14 Å². The van der Waals surface area contributed by atoms with E-state index in [0.717, 1.165) is 36.3 Å². The third-order valence-corrected chi connectivity index (χ3v) is 4.31. The van der Waals surface area contributed by atoms with Gasteiger partial charge in [-0.3, -0.25) is 4.18 Å². The molecule has 1 aromatic carbocycles. The van der Waals surface area contributed by atoms with E-state index in [9.17, 15) is 8.42 Å². The number of benzene rings is 1. The van der Waals surface area contributed by atoms with Gasteiger partial charge in [0.15, 0.2) is 5.79 Å². The van der Waals surface area contributed by atoms with Gasteiger partial charge in [0.1, 0.15) is 0 Å².